The van der Waals surface area contributed by atoms with Crippen LogP contribution in [0.4, 0.5) is 0 Å². The first-order valence-electron chi connectivity index (χ1n) is 7.90. The van der Waals surface area contributed by atoms with Gasteiger partial charge in [0.15, 0.2) is 5.78 Å². The number of carbonyl (C=O) groups excluding carboxylic acids is 2. The Hall–Kier alpha value is -1.48. The van der Waals surface area contributed by atoms with Crippen molar-refractivity contribution in [3.8, 4) is 0 Å². The number of aliphatic imine (C=N–C) groups is 1. The maximum atomic E-state index is 12.7. The van der Waals surface area contributed by atoms with Gasteiger partial charge in [0.2, 0.25) is 5.78 Å². The molecule has 1 aromatic rings. The maximum absolute atomic E-state index is 12.7. The van der Waals surface area contributed by atoms with Crippen molar-refractivity contribution in [3.05, 3.63) is 35.4 Å². The Bertz CT molecular complexity index is 652. The summed E-state index contributed by atoms with van der Waals surface area (Å²) in [5.41, 5.74) is 1.08. The Balaban J connectivity index is 1.99. The van der Waals surface area contributed by atoms with E-state index in [9.17, 15) is 9.59 Å². The average molecular weight is 318 g/mol. The predicted octanol–water partition coefficient (Wildman–Crippen LogP) is 3.94. The molecule has 2 aliphatic carbocycles. The van der Waals surface area contributed by atoms with Crippen molar-refractivity contribution in [1.29, 1.82) is 0 Å². The van der Waals surface area contributed by atoms with E-state index in [0.717, 1.165) is 12.8 Å². The quantitative estimate of drug-likeness (QED) is 0.736. The van der Waals surface area contributed by atoms with Gasteiger partial charge in [-0.3, -0.25) is 14.6 Å². The van der Waals surface area contributed by atoms with Crippen LogP contribution in [0, 0.1) is 11.8 Å². The van der Waals surface area contributed by atoms with E-state index in [1.54, 1.807) is 24.3 Å². The summed E-state index contributed by atoms with van der Waals surface area (Å²) in [5, 5.41) is -0.952. The highest BCUT2D eigenvalue weighted by atomic mass is 35.5. The molecule has 1 aromatic carbocycles. The van der Waals surface area contributed by atoms with Crippen LogP contribution in [0.5, 0.6) is 0 Å². The van der Waals surface area contributed by atoms with E-state index >= 15 is 0 Å². The van der Waals surface area contributed by atoms with Crippen LogP contribution < -0.4 is 0 Å². The first-order valence-corrected chi connectivity index (χ1v) is 8.34. The summed E-state index contributed by atoms with van der Waals surface area (Å²) in [6.07, 6.45) is 3.27. The van der Waals surface area contributed by atoms with Crippen molar-refractivity contribution in [1.82, 2.24) is 0 Å². The third-order valence-corrected chi connectivity index (χ3v) is 5.51. The monoisotopic (exact) mass is 317 g/mol. The fourth-order valence-electron chi connectivity index (χ4n) is 3.45. The number of benzene rings is 1. The Kier molecular flexibility index (Phi) is 4.18. The van der Waals surface area contributed by atoms with Crippen molar-refractivity contribution >= 4 is 28.9 Å². The molecule has 3 nitrogen and oxygen atoms in total. The molecule has 2 aliphatic rings. The van der Waals surface area contributed by atoms with Crippen molar-refractivity contribution in [2.75, 3.05) is 0 Å². The number of ketones is 2. The van der Waals surface area contributed by atoms with Gasteiger partial charge in [0, 0.05) is 11.1 Å². The van der Waals surface area contributed by atoms with Gasteiger partial charge in [-0.25, -0.2) is 0 Å². The molecule has 4 atom stereocenters. The van der Waals surface area contributed by atoms with Gasteiger partial charge in [0.25, 0.3) is 0 Å². The SMILES string of the molecule is C[C@@H]1[C@@H](C)CCC[C@H]1N=C1C(=O)c2ccccc2C(=O)C1Cl. The topological polar surface area (TPSA) is 46.5 Å². The van der Waals surface area contributed by atoms with Crippen molar-refractivity contribution in [2.45, 2.75) is 44.5 Å². The van der Waals surface area contributed by atoms with E-state index in [4.69, 9.17) is 11.6 Å². The summed E-state index contributed by atoms with van der Waals surface area (Å²) in [4.78, 5) is 29.7. The third-order valence-electron chi connectivity index (χ3n) is 5.11. The number of halogens is 1. The molecule has 0 aromatic heterocycles. The van der Waals surface area contributed by atoms with Crippen molar-refractivity contribution in [3.63, 3.8) is 0 Å². The van der Waals surface area contributed by atoms with E-state index in [-0.39, 0.29) is 23.3 Å². The fraction of sp³-hybridized carbons (Fsp3) is 0.500. The number of hydrogen-bond acceptors (Lipinski definition) is 3. The number of carbonyl (C=O) groups is 2. The molecule has 0 radical (unpaired) electrons. The number of nitrogens with zero attached hydrogens (tertiary/aromatic N) is 1. The van der Waals surface area contributed by atoms with Gasteiger partial charge in [-0.2, -0.15) is 0 Å². The van der Waals surface area contributed by atoms with Gasteiger partial charge in [0.05, 0.1) is 6.04 Å². The second-order valence-electron chi connectivity index (χ2n) is 6.45. The smallest absolute Gasteiger partial charge is 0.209 e. The van der Waals surface area contributed by atoms with Crippen LogP contribution in [-0.2, 0) is 0 Å². The molecule has 1 unspecified atom stereocenters. The Morgan fingerprint density at radius 3 is 2.50 bits per heavy atom. The molecule has 0 amide bonds. The van der Waals surface area contributed by atoms with E-state index < -0.39 is 5.38 Å². The Morgan fingerprint density at radius 2 is 1.77 bits per heavy atom. The standard InChI is InChI=1S/C18H20ClNO2/c1-10-6-5-9-14(11(10)2)20-16-15(19)17(21)12-7-3-4-8-13(12)18(16)22/h3-4,7-8,10-11,14-15H,5-6,9H2,1-2H3/t10-,11+,14+,15?/m0/s1. The molecular weight excluding hydrogens is 298 g/mol. The summed E-state index contributed by atoms with van der Waals surface area (Å²) in [7, 11) is 0. The zero-order chi connectivity index (χ0) is 15.9. The highest BCUT2D eigenvalue weighted by Crippen LogP contribution is 2.33. The first kappa shape index (κ1) is 15.4. The van der Waals surface area contributed by atoms with Crippen LogP contribution in [0.15, 0.2) is 29.3 Å². The van der Waals surface area contributed by atoms with Crippen LogP contribution in [0.3, 0.4) is 0 Å². The molecule has 1 fully saturated rings. The van der Waals surface area contributed by atoms with E-state index in [1.807, 2.05) is 0 Å². The lowest BCUT2D eigenvalue weighted by Crippen LogP contribution is -2.40. The maximum Gasteiger partial charge on any atom is 0.209 e. The first-order chi connectivity index (χ1) is 10.5. The second-order valence-corrected chi connectivity index (χ2v) is 6.89. The lowest BCUT2D eigenvalue weighted by molar-refractivity contribution is 0.0966. The molecule has 0 N–H and O–H groups in total. The van der Waals surface area contributed by atoms with Crippen molar-refractivity contribution < 1.29 is 9.59 Å². The van der Waals surface area contributed by atoms with Crippen molar-refractivity contribution in [2.24, 2.45) is 16.8 Å². The fourth-order valence-corrected chi connectivity index (χ4v) is 3.72. The molecular formula is C18H20ClNO2. The van der Waals surface area contributed by atoms with Gasteiger partial charge in [-0.05, 0) is 18.3 Å². The number of alkyl halides is 1. The average Bonchev–Trinajstić information content (AvgIpc) is 2.53. The molecule has 0 aliphatic heterocycles. The van der Waals surface area contributed by atoms with Gasteiger partial charge in [-0.1, -0.05) is 51.0 Å². The summed E-state index contributed by atoms with van der Waals surface area (Å²) < 4.78 is 0. The molecule has 116 valence electrons. The zero-order valence-electron chi connectivity index (χ0n) is 12.9. The zero-order valence-corrected chi connectivity index (χ0v) is 13.6. The van der Waals surface area contributed by atoms with E-state index in [1.165, 1.54) is 6.42 Å². The molecule has 0 spiro atoms. The second kappa shape index (κ2) is 5.96. The van der Waals surface area contributed by atoms with E-state index in [2.05, 4.69) is 18.8 Å². The molecule has 0 bridgehead atoms. The molecule has 1 saturated carbocycles. The number of rotatable bonds is 1. The van der Waals surface area contributed by atoms with Gasteiger partial charge >= 0.3 is 0 Å². The molecule has 22 heavy (non-hydrogen) atoms. The molecule has 0 saturated heterocycles. The summed E-state index contributed by atoms with van der Waals surface area (Å²) >= 11 is 6.26. The van der Waals surface area contributed by atoms with Crippen LogP contribution in [-0.4, -0.2) is 28.7 Å². The highest BCUT2D eigenvalue weighted by Gasteiger charge is 2.38. The summed E-state index contributed by atoms with van der Waals surface area (Å²) in [5.74, 6) is 0.580. The van der Waals surface area contributed by atoms with Gasteiger partial charge in [-0.15, -0.1) is 11.6 Å². The van der Waals surface area contributed by atoms with Gasteiger partial charge in [0.1, 0.15) is 11.1 Å². The van der Waals surface area contributed by atoms with Crippen LogP contribution in [0.25, 0.3) is 0 Å². The number of fused-ring (bicyclic) bond motifs is 1. The normalized spacial score (nSPS) is 33.9. The number of Topliss-reactive ketones (excluding diaryl/α,β-unsaturated/α-hetero) is 2. The summed E-state index contributed by atoms with van der Waals surface area (Å²) in [6, 6.07) is 6.94. The highest BCUT2D eigenvalue weighted by molar-refractivity contribution is 6.64. The molecule has 0 heterocycles. The Morgan fingerprint density at radius 1 is 1.09 bits per heavy atom. The lowest BCUT2D eigenvalue weighted by atomic mass is 9.78. The van der Waals surface area contributed by atoms with Crippen LogP contribution in [0.2, 0.25) is 0 Å². The number of hydrogen-bond donors (Lipinski definition) is 0. The summed E-state index contributed by atoms with van der Waals surface area (Å²) in [6.45, 7) is 4.39. The van der Waals surface area contributed by atoms with Crippen LogP contribution in [0.1, 0.15) is 53.8 Å². The Labute approximate surface area is 135 Å². The van der Waals surface area contributed by atoms with Crippen LogP contribution >= 0.6 is 11.6 Å². The lowest BCUT2D eigenvalue weighted by Gasteiger charge is -2.32. The van der Waals surface area contributed by atoms with E-state index in [0.29, 0.717) is 23.0 Å². The largest absolute Gasteiger partial charge is 0.292 e. The van der Waals surface area contributed by atoms with Gasteiger partial charge < -0.3 is 0 Å². The minimum Gasteiger partial charge on any atom is -0.292 e. The third kappa shape index (κ3) is 2.52. The minimum absolute atomic E-state index is 0.0852. The predicted molar refractivity (Wildman–Crippen MR) is 88.1 cm³/mol. The molecule has 3 rings (SSSR count). The minimum atomic E-state index is -0.952. The molecule has 4 heteroatoms.